The maximum atomic E-state index is 13.2. The van der Waals surface area contributed by atoms with Crippen LogP contribution in [0.4, 0.5) is 10.3 Å². The van der Waals surface area contributed by atoms with Gasteiger partial charge in [0.05, 0.1) is 5.56 Å². The number of benzene rings is 1. The molecule has 0 radical (unpaired) electrons. The molecule has 0 amide bonds. The fraction of sp³-hybridized carbons (Fsp3) is 0.385. The Balaban J connectivity index is 1.88. The third-order valence-corrected chi connectivity index (χ3v) is 3.43. The number of hydrogen-bond donors (Lipinski definition) is 3. The molecule has 1 atom stereocenters. The van der Waals surface area contributed by atoms with Crippen molar-refractivity contribution in [3.8, 4) is 17.1 Å². The van der Waals surface area contributed by atoms with Gasteiger partial charge in [0.2, 0.25) is 5.95 Å². The second-order valence-corrected chi connectivity index (χ2v) is 4.99. The van der Waals surface area contributed by atoms with Gasteiger partial charge in [0.1, 0.15) is 11.6 Å². The van der Waals surface area contributed by atoms with E-state index in [0.29, 0.717) is 23.9 Å². The summed E-state index contributed by atoms with van der Waals surface area (Å²) in [6.07, 6.45) is 1.99. The summed E-state index contributed by atoms with van der Waals surface area (Å²) in [5, 5.41) is 16.6. The second kappa shape index (κ2) is 5.09. The van der Waals surface area contributed by atoms with Gasteiger partial charge in [-0.25, -0.2) is 4.39 Å². The van der Waals surface area contributed by atoms with Crippen molar-refractivity contribution in [2.45, 2.75) is 18.9 Å². The van der Waals surface area contributed by atoms with Crippen LogP contribution in [0.1, 0.15) is 12.8 Å². The molecule has 0 spiro atoms. The standard InChI is InChI=1S/C13H16FN5O/c14-8-3-4-11(20)10(6-8)12-16-13(18-17-12)19-5-1-2-9(15)7-19/h3-4,6,9,20H,1-2,5,7,15H2,(H,16,17,18). The zero-order valence-corrected chi connectivity index (χ0v) is 10.9. The van der Waals surface area contributed by atoms with Crippen molar-refractivity contribution in [1.29, 1.82) is 0 Å². The van der Waals surface area contributed by atoms with Crippen molar-refractivity contribution in [2.75, 3.05) is 18.0 Å². The molecule has 7 heteroatoms. The normalized spacial score (nSPS) is 19.3. The Hall–Kier alpha value is -2.15. The van der Waals surface area contributed by atoms with Crippen LogP contribution in [0.25, 0.3) is 11.4 Å². The summed E-state index contributed by atoms with van der Waals surface area (Å²) >= 11 is 0. The number of aromatic amines is 1. The molecule has 1 aliphatic heterocycles. The van der Waals surface area contributed by atoms with Gasteiger partial charge in [-0.1, -0.05) is 0 Å². The third kappa shape index (κ3) is 2.44. The first-order chi connectivity index (χ1) is 9.63. The van der Waals surface area contributed by atoms with Crippen LogP contribution in [0, 0.1) is 5.82 Å². The highest BCUT2D eigenvalue weighted by Crippen LogP contribution is 2.28. The summed E-state index contributed by atoms with van der Waals surface area (Å²) in [5.41, 5.74) is 6.22. The summed E-state index contributed by atoms with van der Waals surface area (Å²) in [5.74, 6) is 0.398. The number of halogens is 1. The van der Waals surface area contributed by atoms with Crippen LogP contribution >= 0.6 is 0 Å². The van der Waals surface area contributed by atoms with E-state index in [0.717, 1.165) is 19.4 Å². The summed E-state index contributed by atoms with van der Waals surface area (Å²) in [6.45, 7) is 1.55. The van der Waals surface area contributed by atoms with E-state index < -0.39 is 5.82 Å². The summed E-state index contributed by atoms with van der Waals surface area (Å²) in [7, 11) is 0. The van der Waals surface area contributed by atoms with Crippen LogP contribution in [0.2, 0.25) is 0 Å². The van der Waals surface area contributed by atoms with Gasteiger partial charge in [0.15, 0.2) is 5.82 Å². The van der Waals surface area contributed by atoms with Gasteiger partial charge < -0.3 is 15.7 Å². The Morgan fingerprint density at radius 1 is 1.45 bits per heavy atom. The molecule has 2 aromatic rings. The maximum absolute atomic E-state index is 13.2. The van der Waals surface area contributed by atoms with E-state index in [4.69, 9.17) is 5.73 Å². The minimum atomic E-state index is -0.434. The maximum Gasteiger partial charge on any atom is 0.245 e. The molecule has 3 rings (SSSR count). The monoisotopic (exact) mass is 277 g/mol. The summed E-state index contributed by atoms with van der Waals surface area (Å²) in [6, 6.07) is 3.83. The number of rotatable bonds is 2. The SMILES string of the molecule is NC1CCCN(c2n[nH]c(-c3cc(F)ccc3O)n2)C1. The van der Waals surface area contributed by atoms with Crippen molar-refractivity contribution in [3.05, 3.63) is 24.0 Å². The molecule has 2 heterocycles. The molecule has 0 saturated carbocycles. The third-order valence-electron chi connectivity index (χ3n) is 3.43. The Kier molecular flexibility index (Phi) is 3.27. The highest BCUT2D eigenvalue weighted by molar-refractivity contribution is 5.64. The van der Waals surface area contributed by atoms with E-state index in [9.17, 15) is 9.50 Å². The zero-order chi connectivity index (χ0) is 14.1. The smallest absolute Gasteiger partial charge is 0.245 e. The number of nitrogens with zero attached hydrogens (tertiary/aromatic N) is 3. The number of aromatic nitrogens is 3. The quantitative estimate of drug-likeness (QED) is 0.768. The first-order valence-electron chi connectivity index (χ1n) is 6.55. The number of anilines is 1. The molecular formula is C13H16FN5O. The second-order valence-electron chi connectivity index (χ2n) is 4.99. The summed E-state index contributed by atoms with van der Waals surface area (Å²) < 4.78 is 13.2. The molecular weight excluding hydrogens is 261 g/mol. The number of phenolic OH excluding ortho intramolecular Hbond substituents is 1. The lowest BCUT2D eigenvalue weighted by molar-refractivity contribution is 0.474. The molecule has 1 saturated heterocycles. The van der Waals surface area contributed by atoms with Crippen molar-refractivity contribution in [2.24, 2.45) is 5.73 Å². The Morgan fingerprint density at radius 3 is 3.10 bits per heavy atom. The van der Waals surface area contributed by atoms with Crippen LogP contribution < -0.4 is 10.6 Å². The number of nitrogens with two attached hydrogens (primary N) is 1. The van der Waals surface area contributed by atoms with E-state index in [-0.39, 0.29) is 11.8 Å². The molecule has 0 bridgehead atoms. The Bertz CT molecular complexity index is 615. The highest BCUT2D eigenvalue weighted by Gasteiger charge is 2.21. The van der Waals surface area contributed by atoms with Gasteiger partial charge in [0, 0.05) is 19.1 Å². The average Bonchev–Trinajstić information content (AvgIpc) is 2.91. The number of piperidine rings is 1. The molecule has 4 N–H and O–H groups in total. The van der Waals surface area contributed by atoms with Crippen LogP contribution in [-0.2, 0) is 0 Å². The van der Waals surface area contributed by atoms with E-state index in [1.54, 1.807) is 0 Å². The van der Waals surface area contributed by atoms with E-state index in [2.05, 4.69) is 15.2 Å². The van der Waals surface area contributed by atoms with Gasteiger partial charge in [0.25, 0.3) is 0 Å². The van der Waals surface area contributed by atoms with Crippen LogP contribution in [-0.4, -0.2) is 39.4 Å². The van der Waals surface area contributed by atoms with Crippen molar-refractivity contribution in [3.63, 3.8) is 0 Å². The van der Waals surface area contributed by atoms with E-state index in [1.807, 2.05) is 4.90 Å². The Morgan fingerprint density at radius 2 is 2.30 bits per heavy atom. The number of aromatic hydroxyl groups is 1. The predicted octanol–water partition coefficient (Wildman–Crippen LogP) is 1.24. The van der Waals surface area contributed by atoms with Gasteiger partial charge in [-0.05, 0) is 31.0 Å². The fourth-order valence-electron chi connectivity index (χ4n) is 2.40. The van der Waals surface area contributed by atoms with Crippen LogP contribution in [0.3, 0.4) is 0 Å². The largest absolute Gasteiger partial charge is 0.507 e. The first-order valence-corrected chi connectivity index (χ1v) is 6.55. The van der Waals surface area contributed by atoms with Crippen LogP contribution in [0.15, 0.2) is 18.2 Å². The number of nitrogens with one attached hydrogen (secondary N) is 1. The highest BCUT2D eigenvalue weighted by atomic mass is 19.1. The van der Waals surface area contributed by atoms with Crippen molar-refractivity contribution in [1.82, 2.24) is 15.2 Å². The minimum absolute atomic E-state index is 0.0376. The first kappa shape index (κ1) is 12.9. The van der Waals surface area contributed by atoms with E-state index >= 15 is 0 Å². The lowest BCUT2D eigenvalue weighted by Crippen LogP contribution is -2.43. The number of phenols is 1. The molecule has 1 aromatic carbocycles. The predicted molar refractivity (Wildman–Crippen MR) is 72.9 cm³/mol. The molecule has 1 aliphatic rings. The molecule has 1 fully saturated rings. The van der Waals surface area contributed by atoms with Crippen molar-refractivity contribution >= 4 is 5.95 Å². The molecule has 1 unspecified atom stereocenters. The number of H-pyrrole nitrogens is 1. The van der Waals surface area contributed by atoms with E-state index in [1.165, 1.54) is 18.2 Å². The van der Waals surface area contributed by atoms with Gasteiger partial charge in [-0.2, -0.15) is 4.98 Å². The lowest BCUT2D eigenvalue weighted by atomic mass is 10.1. The Labute approximate surface area is 115 Å². The topological polar surface area (TPSA) is 91.1 Å². The molecule has 6 nitrogen and oxygen atoms in total. The van der Waals surface area contributed by atoms with Gasteiger partial charge in [-0.15, -0.1) is 5.10 Å². The molecule has 0 aliphatic carbocycles. The van der Waals surface area contributed by atoms with Crippen LogP contribution in [0.5, 0.6) is 5.75 Å². The summed E-state index contributed by atoms with van der Waals surface area (Å²) in [4.78, 5) is 6.31. The molecule has 20 heavy (non-hydrogen) atoms. The van der Waals surface area contributed by atoms with Crippen molar-refractivity contribution < 1.29 is 9.50 Å². The minimum Gasteiger partial charge on any atom is -0.507 e. The van der Waals surface area contributed by atoms with Gasteiger partial charge in [-0.3, -0.25) is 5.10 Å². The molecule has 106 valence electrons. The zero-order valence-electron chi connectivity index (χ0n) is 10.9. The fourth-order valence-corrected chi connectivity index (χ4v) is 2.40. The number of hydrogen-bond acceptors (Lipinski definition) is 5. The van der Waals surface area contributed by atoms with Gasteiger partial charge >= 0.3 is 0 Å². The average molecular weight is 277 g/mol. The molecule has 1 aromatic heterocycles. The lowest BCUT2D eigenvalue weighted by Gasteiger charge is -2.29.